The molecule has 1 fully saturated rings. The van der Waals surface area contributed by atoms with E-state index in [4.69, 9.17) is 0 Å². The maximum absolute atomic E-state index is 10.7. The summed E-state index contributed by atoms with van der Waals surface area (Å²) < 4.78 is 0. The number of rotatable bonds is 8. The molecule has 1 aliphatic carbocycles. The molecule has 0 unspecified atom stereocenters. The smallest absolute Gasteiger partial charge is 0.0830 e. The molecule has 1 N–H and O–H groups in total. The molecule has 3 aromatic rings. The van der Waals surface area contributed by atoms with Crippen LogP contribution in [0.15, 0.2) is 66.7 Å². The van der Waals surface area contributed by atoms with Gasteiger partial charge in [0.25, 0.3) is 0 Å². The third kappa shape index (κ3) is 5.16. The molecule has 0 radical (unpaired) electrons. The average molecular weight is 467 g/mol. The molecule has 1 saturated carbocycles. The largest absolute Gasteiger partial charge is 0.386 e. The van der Waals surface area contributed by atoms with Gasteiger partial charge in [0, 0.05) is 5.41 Å². The number of benzene rings is 3. The van der Waals surface area contributed by atoms with Crippen LogP contribution in [0.5, 0.6) is 0 Å². The molecule has 0 atom stereocenters. The van der Waals surface area contributed by atoms with Crippen molar-refractivity contribution in [1.29, 1.82) is 0 Å². The van der Waals surface area contributed by atoms with E-state index in [0.29, 0.717) is 0 Å². The highest BCUT2D eigenvalue weighted by molar-refractivity contribution is 5.68. The summed E-state index contributed by atoms with van der Waals surface area (Å²) in [6.07, 6.45) is 11.4. The predicted molar refractivity (Wildman–Crippen MR) is 151 cm³/mol. The lowest BCUT2D eigenvalue weighted by atomic mass is 9.69. The summed E-state index contributed by atoms with van der Waals surface area (Å²) in [6, 6.07) is 23.0. The maximum Gasteiger partial charge on any atom is 0.0830 e. The molecule has 0 spiro atoms. The third-order valence-electron chi connectivity index (χ3n) is 8.52. The van der Waals surface area contributed by atoms with E-state index >= 15 is 0 Å². The van der Waals surface area contributed by atoms with Gasteiger partial charge < -0.3 is 5.11 Å². The van der Waals surface area contributed by atoms with E-state index in [0.717, 1.165) is 44.9 Å². The van der Waals surface area contributed by atoms with Crippen LogP contribution >= 0.6 is 0 Å². The van der Waals surface area contributed by atoms with Crippen LogP contribution in [0.3, 0.4) is 0 Å². The van der Waals surface area contributed by atoms with Gasteiger partial charge in [0.2, 0.25) is 0 Å². The SMILES string of the molecule is CCc1ccc(-c2ccc(C(CC)(CC)c3ccc(/C=C/C4(O)CCCC4)c(C)c3)cc2C)cc1. The van der Waals surface area contributed by atoms with Crippen LogP contribution in [-0.4, -0.2) is 10.7 Å². The van der Waals surface area contributed by atoms with Gasteiger partial charge in [-0.25, -0.2) is 0 Å². The summed E-state index contributed by atoms with van der Waals surface area (Å²) in [4.78, 5) is 0. The Morgan fingerprint density at radius 1 is 0.800 bits per heavy atom. The van der Waals surface area contributed by atoms with Gasteiger partial charge in [-0.2, -0.15) is 0 Å². The standard InChI is InChI=1S/C34H42O/c1-6-27-11-13-29(14-12-27)32-18-17-31(24-26(32)5)34(7-2,8-3)30-16-15-28(25(4)23-30)19-22-33(35)20-9-10-21-33/h11-19,22-24,35H,6-10,20-21H2,1-5H3/b22-19+. The lowest BCUT2D eigenvalue weighted by Crippen LogP contribution is -2.26. The zero-order valence-corrected chi connectivity index (χ0v) is 22.3. The van der Waals surface area contributed by atoms with Crippen LogP contribution in [0.4, 0.5) is 0 Å². The fraction of sp³-hybridized carbons (Fsp3) is 0.412. The van der Waals surface area contributed by atoms with E-state index in [2.05, 4.69) is 101 Å². The van der Waals surface area contributed by atoms with Crippen molar-refractivity contribution in [3.8, 4) is 11.1 Å². The summed E-state index contributed by atoms with van der Waals surface area (Å²) >= 11 is 0. The van der Waals surface area contributed by atoms with E-state index < -0.39 is 5.60 Å². The minimum atomic E-state index is -0.613. The minimum absolute atomic E-state index is 0.00792. The Morgan fingerprint density at radius 2 is 1.40 bits per heavy atom. The van der Waals surface area contributed by atoms with Crippen LogP contribution in [0, 0.1) is 13.8 Å². The highest BCUT2D eigenvalue weighted by Crippen LogP contribution is 2.41. The van der Waals surface area contributed by atoms with Gasteiger partial charge in [-0.05, 0) is 90.5 Å². The highest BCUT2D eigenvalue weighted by Gasteiger charge is 2.32. The van der Waals surface area contributed by atoms with Gasteiger partial charge in [-0.3, -0.25) is 0 Å². The summed E-state index contributed by atoms with van der Waals surface area (Å²) in [5, 5.41) is 10.7. The second-order valence-electron chi connectivity index (χ2n) is 10.6. The molecule has 0 bridgehead atoms. The Bertz CT molecular complexity index is 1170. The zero-order valence-electron chi connectivity index (χ0n) is 22.3. The molecule has 4 rings (SSSR count). The predicted octanol–water partition coefficient (Wildman–Crippen LogP) is 8.96. The van der Waals surface area contributed by atoms with Gasteiger partial charge in [0.15, 0.2) is 0 Å². The number of aliphatic hydroxyl groups is 1. The first-order valence-corrected chi connectivity index (χ1v) is 13.6. The van der Waals surface area contributed by atoms with Crippen molar-refractivity contribution >= 4 is 6.08 Å². The van der Waals surface area contributed by atoms with Crippen LogP contribution in [0.25, 0.3) is 17.2 Å². The van der Waals surface area contributed by atoms with Gasteiger partial charge in [-0.1, -0.05) is 106 Å². The van der Waals surface area contributed by atoms with Crippen LogP contribution in [-0.2, 0) is 11.8 Å². The summed E-state index contributed by atoms with van der Waals surface area (Å²) in [6.45, 7) is 11.3. The second kappa shape index (κ2) is 10.5. The molecule has 1 heteroatoms. The Labute approximate surface area is 212 Å². The molecule has 0 aromatic heterocycles. The lowest BCUT2D eigenvalue weighted by molar-refractivity contribution is 0.100. The molecule has 0 heterocycles. The average Bonchev–Trinajstić information content (AvgIpc) is 3.31. The Balaban J connectivity index is 1.66. The molecular formula is C34H42O. The number of hydrogen-bond donors (Lipinski definition) is 1. The first kappa shape index (κ1) is 25.5. The fourth-order valence-electron chi connectivity index (χ4n) is 6.00. The fourth-order valence-corrected chi connectivity index (χ4v) is 6.00. The Morgan fingerprint density at radius 3 is 1.94 bits per heavy atom. The highest BCUT2D eigenvalue weighted by atomic mass is 16.3. The third-order valence-corrected chi connectivity index (χ3v) is 8.52. The molecule has 1 nitrogen and oxygen atoms in total. The molecule has 184 valence electrons. The lowest BCUT2D eigenvalue weighted by Gasteiger charge is -2.34. The first-order valence-electron chi connectivity index (χ1n) is 13.6. The number of hydrogen-bond acceptors (Lipinski definition) is 1. The molecule has 0 aliphatic heterocycles. The van der Waals surface area contributed by atoms with Crippen molar-refractivity contribution in [2.24, 2.45) is 0 Å². The number of aryl methyl sites for hydroxylation is 3. The summed E-state index contributed by atoms with van der Waals surface area (Å²) in [7, 11) is 0. The topological polar surface area (TPSA) is 20.2 Å². The molecule has 1 aliphatic rings. The zero-order chi connectivity index (χ0) is 25.1. The Kier molecular flexibility index (Phi) is 7.67. The molecular weight excluding hydrogens is 424 g/mol. The van der Waals surface area contributed by atoms with E-state index in [1.807, 2.05) is 6.08 Å². The first-order chi connectivity index (χ1) is 16.8. The Hall–Kier alpha value is -2.64. The van der Waals surface area contributed by atoms with Crippen molar-refractivity contribution in [2.45, 2.75) is 90.6 Å². The van der Waals surface area contributed by atoms with E-state index in [-0.39, 0.29) is 5.41 Å². The van der Waals surface area contributed by atoms with Crippen LogP contribution in [0.1, 0.15) is 92.7 Å². The molecule has 0 saturated heterocycles. The summed E-state index contributed by atoms with van der Waals surface area (Å²) in [5.74, 6) is 0. The van der Waals surface area contributed by atoms with Crippen molar-refractivity contribution in [3.05, 3.63) is 100 Å². The van der Waals surface area contributed by atoms with Gasteiger partial charge in [-0.15, -0.1) is 0 Å². The van der Waals surface area contributed by atoms with Crippen molar-refractivity contribution in [1.82, 2.24) is 0 Å². The normalized spacial score (nSPS) is 15.7. The van der Waals surface area contributed by atoms with E-state index in [1.54, 1.807) is 0 Å². The molecule has 0 amide bonds. The monoisotopic (exact) mass is 466 g/mol. The van der Waals surface area contributed by atoms with Gasteiger partial charge >= 0.3 is 0 Å². The van der Waals surface area contributed by atoms with Crippen LogP contribution in [0.2, 0.25) is 0 Å². The van der Waals surface area contributed by atoms with E-state index in [9.17, 15) is 5.11 Å². The van der Waals surface area contributed by atoms with E-state index in [1.165, 1.54) is 44.5 Å². The van der Waals surface area contributed by atoms with Crippen molar-refractivity contribution in [2.75, 3.05) is 0 Å². The van der Waals surface area contributed by atoms with Crippen molar-refractivity contribution < 1.29 is 5.11 Å². The van der Waals surface area contributed by atoms with Crippen LogP contribution < -0.4 is 0 Å². The maximum atomic E-state index is 10.7. The minimum Gasteiger partial charge on any atom is -0.386 e. The van der Waals surface area contributed by atoms with Crippen molar-refractivity contribution in [3.63, 3.8) is 0 Å². The second-order valence-corrected chi connectivity index (χ2v) is 10.6. The van der Waals surface area contributed by atoms with Gasteiger partial charge in [0.05, 0.1) is 5.60 Å². The summed E-state index contributed by atoms with van der Waals surface area (Å²) in [5.41, 5.74) is 9.97. The molecule has 3 aromatic carbocycles. The quantitative estimate of drug-likeness (QED) is 0.351. The molecule has 35 heavy (non-hydrogen) atoms. The van der Waals surface area contributed by atoms with Gasteiger partial charge in [0.1, 0.15) is 0 Å².